The molecule has 12 nitrogen and oxygen atoms in total. The first-order valence-corrected chi connectivity index (χ1v) is 6.57. The summed E-state index contributed by atoms with van der Waals surface area (Å²) in [5, 5.41) is 0. The third-order valence-electron chi connectivity index (χ3n) is 0. The fourth-order valence-corrected chi connectivity index (χ4v) is 0. The third-order valence-corrected chi connectivity index (χ3v) is 0. The van der Waals surface area contributed by atoms with Gasteiger partial charge >= 0.3 is 109 Å². The standard InChI is InChI=1S/CH4.4Cd.4HO3P/c;;;;;4*1-4(2)3/h1H4;;;;;4*(H,1,2,3)/q;4*+2;;;;/p-4. The van der Waals surface area contributed by atoms with Crippen LogP contribution in [0.4, 0.5) is 0 Å². The molecule has 0 saturated heterocycles. The molecule has 0 aromatic rings. The summed E-state index contributed by atoms with van der Waals surface area (Å²) in [4.78, 5) is 67.9. The summed E-state index contributed by atoms with van der Waals surface area (Å²) in [5.41, 5.74) is 0. The van der Waals surface area contributed by atoms with Crippen LogP contribution in [0.25, 0.3) is 0 Å². The van der Waals surface area contributed by atoms with E-state index in [4.69, 9.17) is 57.4 Å². The SMILES string of the molecule is C.O=[P+]([O-])[O-].O=[P+]([O-])[O-].O=[P+]([O-])[O-].O=[P+]([O-])[O-].[Cd+2].[Cd+2].[Cd+2].[Cd+2]. The van der Waals surface area contributed by atoms with Gasteiger partial charge in [-0.1, -0.05) is 25.7 Å². The van der Waals surface area contributed by atoms with E-state index in [9.17, 15) is 0 Å². The molecule has 0 atom stereocenters. The first kappa shape index (κ1) is 56.3. The molecule has 0 aliphatic rings. The Morgan fingerprint density at radius 3 is 0.381 bits per heavy atom. The Kier molecular flexibility index (Phi) is 133. The van der Waals surface area contributed by atoms with Gasteiger partial charge in [0.2, 0.25) is 0 Å². The molecule has 0 aromatic heterocycles. The van der Waals surface area contributed by atoms with Crippen molar-refractivity contribution in [2.75, 3.05) is 0 Å². The second kappa shape index (κ2) is 49.6. The van der Waals surface area contributed by atoms with Crippen LogP contribution in [0.3, 0.4) is 0 Å². The molecule has 0 aromatic carbocycles. The molecule has 0 rings (SSSR count). The van der Waals surface area contributed by atoms with Crippen LogP contribution >= 0.6 is 33.0 Å². The fourth-order valence-electron chi connectivity index (χ4n) is 0. The molecular formula is CH4Cd4O12P4+4. The van der Waals surface area contributed by atoms with Crippen molar-refractivity contribution < 1.29 is 167 Å². The molecule has 0 aliphatic carbocycles. The summed E-state index contributed by atoms with van der Waals surface area (Å²) in [6, 6.07) is 0. The number of rotatable bonds is 0. The maximum Gasteiger partial charge on any atom is 2.00 e. The van der Waals surface area contributed by atoms with Crippen molar-refractivity contribution in [2.24, 2.45) is 0 Å². The van der Waals surface area contributed by atoms with E-state index < -0.39 is 33.0 Å². The summed E-state index contributed by atoms with van der Waals surface area (Å²) in [6.45, 7) is 0. The Morgan fingerprint density at radius 1 is 0.381 bits per heavy atom. The third kappa shape index (κ3) is 793. The molecule has 0 amide bonds. The van der Waals surface area contributed by atoms with Gasteiger partial charge in [0.05, 0.1) is 0 Å². The molecule has 0 spiro atoms. The molecule has 0 heterocycles. The largest absolute Gasteiger partial charge is 2.00 e. The zero-order chi connectivity index (χ0) is 14.3. The molecule has 0 radical (unpaired) electrons. The topological polar surface area (TPSA) is 253 Å². The molecule has 0 fully saturated rings. The van der Waals surface area contributed by atoms with Crippen molar-refractivity contribution in [1.29, 1.82) is 0 Å². The first-order chi connectivity index (χ1) is 6.93. The predicted molar refractivity (Wildman–Crippen MR) is 37.2 cm³/mol. The number of hydrogen-bond donors (Lipinski definition) is 0. The van der Waals surface area contributed by atoms with Gasteiger partial charge in [-0.25, -0.2) is 0 Å². The van der Waals surface area contributed by atoms with E-state index in [0.717, 1.165) is 0 Å². The van der Waals surface area contributed by atoms with E-state index in [1.165, 1.54) is 0 Å². The Labute approximate surface area is 204 Å². The van der Waals surface area contributed by atoms with Gasteiger partial charge in [0, 0.05) is 0 Å². The Bertz CT molecular complexity index is 173. The maximum absolute atomic E-state index is 8.48. The number of hydrogen-bond acceptors (Lipinski definition) is 12. The van der Waals surface area contributed by atoms with Crippen molar-refractivity contribution in [3.8, 4) is 0 Å². The molecule has 0 aliphatic heterocycles. The normalized spacial score (nSPS) is 4.95. The molecule has 0 bridgehead atoms. The summed E-state index contributed by atoms with van der Waals surface area (Å²) >= 11 is 0. The maximum atomic E-state index is 8.48. The molecule has 104 valence electrons. The van der Waals surface area contributed by atoms with Gasteiger partial charge in [-0.15, -0.1) is 0 Å². The van der Waals surface area contributed by atoms with E-state index in [2.05, 4.69) is 0 Å². The molecule has 0 N–H and O–H groups in total. The van der Waals surface area contributed by atoms with E-state index in [-0.39, 0.29) is 117 Å². The zero-order valence-corrected chi connectivity index (χ0v) is 29.2. The van der Waals surface area contributed by atoms with Gasteiger partial charge in [0.15, 0.2) is 0 Å². The minimum absolute atomic E-state index is 0. The minimum atomic E-state index is -3.37. The Hall–Kier alpha value is 3.77. The van der Waals surface area contributed by atoms with Gasteiger partial charge < -0.3 is 39.1 Å². The van der Waals surface area contributed by atoms with Crippen LogP contribution in [-0.2, 0) is 127 Å². The molecule has 21 heavy (non-hydrogen) atoms. The van der Waals surface area contributed by atoms with Crippen LogP contribution in [-0.4, -0.2) is 0 Å². The van der Waals surface area contributed by atoms with Crippen LogP contribution in [0, 0.1) is 0 Å². The van der Waals surface area contributed by atoms with Crippen molar-refractivity contribution in [2.45, 2.75) is 7.43 Å². The average Bonchev–Trinajstić information content (AvgIpc) is 1.76. The Morgan fingerprint density at radius 2 is 0.381 bits per heavy atom. The van der Waals surface area contributed by atoms with Gasteiger partial charge in [-0.05, 0) is 0 Å². The van der Waals surface area contributed by atoms with Gasteiger partial charge in [-0.3, -0.25) is 0 Å². The quantitative estimate of drug-likeness (QED) is 0.165. The minimum Gasteiger partial charge on any atom is -0.598 e. The van der Waals surface area contributed by atoms with E-state index in [1.54, 1.807) is 0 Å². The second-order valence-corrected chi connectivity index (χ2v) is 2.68. The zero-order valence-electron chi connectivity index (χ0n) is 9.52. The van der Waals surface area contributed by atoms with Gasteiger partial charge in [0.1, 0.15) is 0 Å². The van der Waals surface area contributed by atoms with E-state index >= 15 is 0 Å². The molecule has 0 unspecified atom stereocenters. The van der Waals surface area contributed by atoms with Crippen LogP contribution in [0.1, 0.15) is 7.43 Å². The van der Waals surface area contributed by atoms with Crippen LogP contribution in [0.15, 0.2) is 0 Å². The molecular weight excluding hydrogens is 778 g/mol. The second-order valence-electron chi connectivity index (χ2n) is 0.894. The Balaban J connectivity index is -0.0000000121. The van der Waals surface area contributed by atoms with Gasteiger partial charge in [-0.2, -0.15) is 0 Å². The fraction of sp³-hybridized carbons (Fsp3) is 1.00. The average molecular weight is 782 g/mol. The van der Waals surface area contributed by atoms with Crippen molar-refractivity contribution in [3.05, 3.63) is 0 Å². The van der Waals surface area contributed by atoms with Crippen LogP contribution in [0.5, 0.6) is 0 Å². The summed E-state index contributed by atoms with van der Waals surface area (Å²) in [7, 11) is -13.5. The summed E-state index contributed by atoms with van der Waals surface area (Å²) in [6.07, 6.45) is 0. The van der Waals surface area contributed by atoms with Crippen LogP contribution in [0.2, 0.25) is 0 Å². The summed E-state index contributed by atoms with van der Waals surface area (Å²) < 4.78 is 33.9. The van der Waals surface area contributed by atoms with E-state index in [1.807, 2.05) is 0 Å². The monoisotopic (exact) mass is 787 g/mol. The smallest absolute Gasteiger partial charge is 0.598 e. The predicted octanol–water partition coefficient (Wildman–Crippen LogP) is -5.92. The van der Waals surface area contributed by atoms with Crippen molar-refractivity contribution in [3.63, 3.8) is 0 Å². The summed E-state index contributed by atoms with van der Waals surface area (Å²) in [5.74, 6) is 0. The van der Waals surface area contributed by atoms with E-state index in [0.29, 0.717) is 0 Å². The van der Waals surface area contributed by atoms with Crippen molar-refractivity contribution >= 4 is 33.0 Å². The molecule has 20 heteroatoms. The first-order valence-electron chi connectivity index (χ1n) is 2.19. The van der Waals surface area contributed by atoms with Crippen molar-refractivity contribution in [1.82, 2.24) is 0 Å². The van der Waals surface area contributed by atoms with Gasteiger partial charge in [0.25, 0.3) is 33.0 Å². The molecule has 0 saturated carbocycles. The van der Waals surface area contributed by atoms with Crippen LogP contribution < -0.4 is 39.1 Å².